The first-order valence-electron chi connectivity index (χ1n) is 9.49. The van der Waals surface area contributed by atoms with Gasteiger partial charge in [-0.1, -0.05) is 5.16 Å². The Balaban J connectivity index is 1.35. The number of piperidine rings is 1. The number of amides is 1. The van der Waals surface area contributed by atoms with Gasteiger partial charge in [-0.2, -0.15) is 4.98 Å². The summed E-state index contributed by atoms with van der Waals surface area (Å²) < 4.78 is 23.9. The molecule has 1 saturated heterocycles. The molecule has 1 aliphatic rings. The predicted molar refractivity (Wildman–Crippen MR) is 103 cm³/mol. The number of rotatable bonds is 3. The number of hydrogen-bond donors (Lipinski definition) is 0. The van der Waals surface area contributed by atoms with Gasteiger partial charge in [0.15, 0.2) is 11.6 Å². The highest BCUT2D eigenvalue weighted by Crippen LogP contribution is 2.29. The topological polar surface area (TPSA) is 81.4 Å². The first-order valence-corrected chi connectivity index (χ1v) is 9.49. The summed E-state index contributed by atoms with van der Waals surface area (Å²) in [5, 5.41) is 4.07. The summed E-state index contributed by atoms with van der Waals surface area (Å²) in [6, 6.07) is 7.80. The van der Waals surface area contributed by atoms with Crippen LogP contribution in [0.5, 0.6) is 5.75 Å². The van der Waals surface area contributed by atoms with Crippen molar-refractivity contribution in [2.45, 2.75) is 32.6 Å². The molecule has 1 aromatic carbocycles. The second-order valence-corrected chi connectivity index (χ2v) is 7.19. The van der Waals surface area contributed by atoms with Crippen LogP contribution in [-0.2, 0) is 0 Å². The second kappa shape index (κ2) is 7.98. The van der Waals surface area contributed by atoms with Crippen molar-refractivity contribution >= 4 is 6.09 Å². The molecular formula is C21H21FN4O3. The zero-order chi connectivity index (χ0) is 20.4. The average molecular weight is 396 g/mol. The lowest BCUT2D eigenvalue weighted by atomic mass is 9.96. The van der Waals surface area contributed by atoms with Gasteiger partial charge in [-0.15, -0.1) is 0 Å². The standard InChI is InChI=1S/C21H21FN4O3/c1-13-11-14(2)23-12-18(13)28-21(27)26-9-7-15(8-10-26)19-24-20(29-25-19)16-3-5-17(22)6-4-16/h3-6,11-12,15H,7-10H2,1-2H3. The Bertz CT molecular complexity index is 1010. The molecule has 0 unspecified atom stereocenters. The summed E-state index contributed by atoms with van der Waals surface area (Å²) in [6.07, 6.45) is 2.62. The van der Waals surface area contributed by atoms with Crippen molar-refractivity contribution in [3.8, 4) is 17.2 Å². The molecule has 0 spiro atoms. The van der Waals surface area contributed by atoms with Crippen LogP contribution >= 0.6 is 0 Å². The molecule has 1 amide bonds. The van der Waals surface area contributed by atoms with E-state index < -0.39 is 0 Å². The minimum atomic E-state index is -0.377. The maximum atomic E-state index is 13.1. The molecule has 0 atom stereocenters. The summed E-state index contributed by atoms with van der Waals surface area (Å²) in [4.78, 5) is 22.8. The number of aryl methyl sites for hydroxylation is 2. The van der Waals surface area contributed by atoms with Crippen molar-refractivity contribution in [1.82, 2.24) is 20.0 Å². The third kappa shape index (κ3) is 4.26. The Morgan fingerprint density at radius 1 is 1.21 bits per heavy atom. The van der Waals surface area contributed by atoms with E-state index in [1.165, 1.54) is 12.1 Å². The van der Waals surface area contributed by atoms with Crippen LogP contribution in [0.3, 0.4) is 0 Å². The molecule has 29 heavy (non-hydrogen) atoms. The largest absolute Gasteiger partial charge is 0.415 e. The van der Waals surface area contributed by atoms with E-state index in [-0.39, 0.29) is 17.8 Å². The highest BCUT2D eigenvalue weighted by molar-refractivity contribution is 5.71. The summed E-state index contributed by atoms with van der Waals surface area (Å²) in [5.74, 6) is 1.23. The van der Waals surface area contributed by atoms with Gasteiger partial charge in [-0.05, 0) is 62.6 Å². The van der Waals surface area contributed by atoms with Gasteiger partial charge in [0.2, 0.25) is 0 Å². The summed E-state index contributed by atoms with van der Waals surface area (Å²) in [7, 11) is 0. The number of benzene rings is 1. The fourth-order valence-electron chi connectivity index (χ4n) is 3.38. The van der Waals surface area contributed by atoms with Gasteiger partial charge in [0.05, 0.1) is 6.20 Å². The van der Waals surface area contributed by atoms with E-state index in [0.717, 1.165) is 11.3 Å². The van der Waals surface area contributed by atoms with E-state index in [9.17, 15) is 9.18 Å². The smallest absolute Gasteiger partial charge is 0.408 e. The van der Waals surface area contributed by atoms with E-state index >= 15 is 0 Å². The Labute approximate surface area is 167 Å². The monoisotopic (exact) mass is 396 g/mol. The quantitative estimate of drug-likeness (QED) is 0.658. The molecule has 0 radical (unpaired) electrons. The molecule has 0 saturated carbocycles. The van der Waals surface area contributed by atoms with E-state index in [0.29, 0.717) is 49.0 Å². The molecule has 150 valence electrons. The highest BCUT2D eigenvalue weighted by Gasteiger charge is 2.28. The third-order valence-corrected chi connectivity index (χ3v) is 5.05. The van der Waals surface area contributed by atoms with Crippen molar-refractivity contribution < 1.29 is 18.4 Å². The number of hydrogen-bond acceptors (Lipinski definition) is 6. The van der Waals surface area contributed by atoms with Gasteiger partial charge in [0.1, 0.15) is 5.82 Å². The van der Waals surface area contributed by atoms with Crippen LogP contribution in [0.15, 0.2) is 41.1 Å². The van der Waals surface area contributed by atoms with E-state index in [1.54, 1.807) is 23.2 Å². The SMILES string of the molecule is Cc1cc(C)c(OC(=O)N2CCC(c3noc(-c4ccc(F)cc4)n3)CC2)cn1. The summed E-state index contributed by atoms with van der Waals surface area (Å²) >= 11 is 0. The number of carbonyl (C=O) groups excluding carboxylic acids is 1. The maximum Gasteiger partial charge on any atom is 0.415 e. The Morgan fingerprint density at radius 2 is 1.93 bits per heavy atom. The van der Waals surface area contributed by atoms with Gasteiger partial charge in [0, 0.05) is 30.3 Å². The summed E-state index contributed by atoms with van der Waals surface area (Å²) in [6.45, 7) is 4.87. The van der Waals surface area contributed by atoms with Crippen LogP contribution in [-0.4, -0.2) is 39.2 Å². The molecule has 1 fully saturated rings. The zero-order valence-electron chi connectivity index (χ0n) is 16.3. The number of carbonyl (C=O) groups is 1. The van der Waals surface area contributed by atoms with Crippen LogP contribution in [0.4, 0.5) is 9.18 Å². The zero-order valence-corrected chi connectivity index (χ0v) is 16.3. The minimum Gasteiger partial charge on any atom is -0.408 e. The molecule has 3 heterocycles. The van der Waals surface area contributed by atoms with Gasteiger partial charge >= 0.3 is 6.09 Å². The number of halogens is 1. The van der Waals surface area contributed by atoms with Crippen molar-refractivity contribution in [3.63, 3.8) is 0 Å². The number of aromatic nitrogens is 3. The number of ether oxygens (including phenoxy) is 1. The van der Waals surface area contributed by atoms with Crippen molar-refractivity contribution in [3.05, 3.63) is 59.4 Å². The molecule has 4 rings (SSSR count). The van der Waals surface area contributed by atoms with Gasteiger partial charge in [-0.3, -0.25) is 4.98 Å². The Hall–Kier alpha value is -3.29. The Kier molecular flexibility index (Phi) is 5.24. The molecule has 0 bridgehead atoms. The molecule has 2 aromatic heterocycles. The molecule has 3 aromatic rings. The second-order valence-electron chi connectivity index (χ2n) is 7.19. The van der Waals surface area contributed by atoms with Crippen molar-refractivity contribution in [1.29, 1.82) is 0 Å². The minimum absolute atomic E-state index is 0.0970. The third-order valence-electron chi connectivity index (χ3n) is 5.05. The van der Waals surface area contributed by atoms with Crippen LogP contribution in [0.1, 0.15) is 35.8 Å². The lowest BCUT2D eigenvalue weighted by Gasteiger charge is -2.29. The first-order chi connectivity index (χ1) is 14.0. The van der Waals surface area contributed by atoms with Crippen molar-refractivity contribution in [2.75, 3.05) is 13.1 Å². The average Bonchev–Trinajstić information content (AvgIpc) is 3.21. The van der Waals surface area contributed by atoms with E-state index in [4.69, 9.17) is 9.26 Å². The molecule has 0 N–H and O–H groups in total. The van der Waals surface area contributed by atoms with Crippen molar-refractivity contribution in [2.24, 2.45) is 0 Å². The van der Waals surface area contributed by atoms with Crippen LogP contribution < -0.4 is 4.74 Å². The van der Waals surface area contributed by atoms with E-state index in [1.807, 2.05) is 19.9 Å². The maximum absolute atomic E-state index is 13.1. The lowest BCUT2D eigenvalue weighted by Crippen LogP contribution is -2.39. The number of likely N-dealkylation sites (tertiary alicyclic amines) is 1. The van der Waals surface area contributed by atoms with Crippen LogP contribution in [0, 0.1) is 19.7 Å². The van der Waals surface area contributed by atoms with Crippen LogP contribution in [0.25, 0.3) is 11.5 Å². The number of nitrogens with zero attached hydrogens (tertiary/aromatic N) is 4. The van der Waals surface area contributed by atoms with Gasteiger partial charge < -0.3 is 14.2 Å². The fourth-order valence-corrected chi connectivity index (χ4v) is 3.38. The number of pyridine rings is 1. The molecular weight excluding hydrogens is 375 g/mol. The highest BCUT2D eigenvalue weighted by atomic mass is 19.1. The van der Waals surface area contributed by atoms with Gasteiger partial charge in [0.25, 0.3) is 5.89 Å². The first kappa shape index (κ1) is 19.0. The van der Waals surface area contributed by atoms with E-state index in [2.05, 4.69) is 15.1 Å². The molecule has 1 aliphatic heterocycles. The molecule has 8 heteroatoms. The lowest BCUT2D eigenvalue weighted by molar-refractivity contribution is 0.137. The fraction of sp³-hybridized carbons (Fsp3) is 0.333. The van der Waals surface area contributed by atoms with Gasteiger partial charge in [-0.25, -0.2) is 9.18 Å². The molecule has 7 nitrogen and oxygen atoms in total. The van der Waals surface area contributed by atoms with Crippen LogP contribution in [0.2, 0.25) is 0 Å². The molecule has 0 aliphatic carbocycles. The summed E-state index contributed by atoms with van der Waals surface area (Å²) in [5.41, 5.74) is 2.43. The Morgan fingerprint density at radius 3 is 2.62 bits per heavy atom. The normalized spacial score (nSPS) is 14.8. The predicted octanol–water partition coefficient (Wildman–Crippen LogP) is 4.27.